The number of methoxy groups -OCH3 is 1. The van der Waals surface area contributed by atoms with Gasteiger partial charge in [0.2, 0.25) is 0 Å². The van der Waals surface area contributed by atoms with E-state index in [9.17, 15) is 4.79 Å². The van der Waals surface area contributed by atoms with Crippen LogP contribution in [-0.4, -0.2) is 57.4 Å². The number of carbonyl (C=O) groups excluding carboxylic acids is 1. The van der Waals surface area contributed by atoms with Gasteiger partial charge in [0.05, 0.1) is 26.7 Å². The maximum Gasteiger partial charge on any atom is 0.310 e. The Kier molecular flexibility index (Phi) is 4.80. The Morgan fingerprint density at radius 2 is 2.09 bits per heavy atom. The van der Waals surface area contributed by atoms with Crippen molar-refractivity contribution in [2.45, 2.75) is 13.0 Å². The summed E-state index contributed by atoms with van der Waals surface area (Å²) in [4.78, 5) is 13.7. The van der Waals surface area contributed by atoms with Crippen molar-refractivity contribution in [1.82, 2.24) is 4.90 Å². The van der Waals surface area contributed by atoms with E-state index in [1.165, 1.54) is 0 Å². The Morgan fingerprint density at radius 3 is 2.86 bits per heavy atom. The first-order chi connectivity index (χ1) is 10.8. The molecule has 6 heteroatoms. The number of esters is 1. The number of hydrogen-bond donors (Lipinski definition) is 0. The van der Waals surface area contributed by atoms with E-state index in [2.05, 4.69) is 4.90 Å². The van der Waals surface area contributed by atoms with E-state index in [-0.39, 0.29) is 12.6 Å². The molecule has 3 rings (SSSR count). The molecule has 0 aliphatic carbocycles. The van der Waals surface area contributed by atoms with Crippen LogP contribution < -0.4 is 9.47 Å². The fourth-order valence-corrected chi connectivity index (χ4v) is 2.78. The van der Waals surface area contributed by atoms with Crippen molar-refractivity contribution in [1.29, 1.82) is 0 Å². The number of nitrogens with zero attached hydrogens (tertiary/aromatic N) is 1. The number of fused-ring (bicyclic) bond motifs is 1. The molecule has 6 nitrogen and oxygen atoms in total. The zero-order valence-electron chi connectivity index (χ0n) is 12.8. The summed E-state index contributed by atoms with van der Waals surface area (Å²) in [7, 11) is 1.61. The van der Waals surface area contributed by atoms with Crippen molar-refractivity contribution >= 4 is 5.97 Å². The van der Waals surface area contributed by atoms with E-state index < -0.39 is 0 Å². The average Bonchev–Trinajstić information content (AvgIpc) is 2.55. The second-order valence-electron chi connectivity index (χ2n) is 5.37. The van der Waals surface area contributed by atoms with Crippen LogP contribution >= 0.6 is 0 Å². The zero-order chi connectivity index (χ0) is 15.4. The summed E-state index contributed by atoms with van der Waals surface area (Å²) in [5, 5.41) is 0. The lowest BCUT2D eigenvalue weighted by molar-refractivity contribution is -0.145. The molecular weight excluding hydrogens is 286 g/mol. The molecule has 0 atom stereocenters. The first kappa shape index (κ1) is 15.1. The number of hydrogen-bond acceptors (Lipinski definition) is 6. The largest absolute Gasteiger partial charge is 0.492 e. The molecule has 1 aromatic rings. The van der Waals surface area contributed by atoms with Crippen LogP contribution in [0.5, 0.6) is 11.5 Å². The lowest BCUT2D eigenvalue weighted by Crippen LogP contribution is -2.38. The monoisotopic (exact) mass is 307 g/mol. The van der Waals surface area contributed by atoms with Gasteiger partial charge in [-0.2, -0.15) is 0 Å². The minimum absolute atomic E-state index is 0.199. The maximum absolute atomic E-state index is 11.3. The van der Waals surface area contributed by atoms with Gasteiger partial charge in [-0.1, -0.05) is 6.07 Å². The van der Waals surface area contributed by atoms with E-state index in [0.29, 0.717) is 24.5 Å². The van der Waals surface area contributed by atoms with Crippen molar-refractivity contribution in [3.8, 4) is 11.5 Å². The van der Waals surface area contributed by atoms with E-state index in [0.717, 1.165) is 44.0 Å². The van der Waals surface area contributed by atoms with Gasteiger partial charge < -0.3 is 18.9 Å². The third-order valence-corrected chi connectivity index (χ3v) is 4.01. The van der Waals surface area contributed by atoms with Gasteiger partial charge in [0.15, 0.2) is 11.5 Å². The van der Waals surface area contributed by atoms with E-state index in [1.54, 1.807) is 7.11 Å². The van der Waals surface area contributed by atoms with Crippen molar-refractivity contribution < 1.29 is 23.7 Å². The highest BCUT2D eigenvalue weighted by atomic mass is 16.5. The predicted octanol–water partition coefficient (Wildman–Crippen LogP) is 1.01. The molecule has 2 aliphatic heterocycles. The topological polar surface area (TPSA) is 57.2 Å². The Hall–Kier alpha value is -1.79. The van der Waals surface area contributed by atoms with Crippen LogP contribution in [0.4, 0.5) is 0 Å². The summed E-state index contributed by atoms with van der Waals surface area (Å²) in [5.74, 6) is 1.18. The third-order valence-electron chi connectivity index (χ3n) is 4.01. The molecule has 0 spiro atoms. The highest BCUT2D eigenvalue weighted by molar-refractivity contribution is 5.76. The molecule has 0 radical (unpaired) electrons. The molecule has 1 aromatic carbocycles. The average molecular weight is 307 g/mol. The maximum atomic E-state index is 11.3. The van der Waals surface area contributed by atoms with Gasteiger partial charge in [0, 0.05) is 25.2 Å². The van der Waals surface area contributed by atoms with Crippen molar-refractivity contribution in [2.75, 3.05) is 46.6 Å². The smallest absolute Gasteiger partial charge is 0.310 e. The second kappa shape index (κ2) is 6.98. The van der Waals surface area contributed by atoms with E-state index >= 15 is 0 Å². The van der Waals surface area contributed by atoms with Crippen molar-refractivity contribution in [2.24, 2.45) is 0 Å². The summed E-state index contributed by atoms with van der Waals surface area (Å²) >= 11 is 0. The number of morpholine rings is 1. The third kappa shape index (κ3) is 3.34. The lowest BCUT2D eigenvalue weighted by Gasteiger charge is -2.26. The highest BCUT2D eigenvalue weighted by Crippen LogP contribution is 2.36. The summed E-state index contributed by atoms with van der Waals surface area (Å²) in [6, 6.07) is 3.79. The summed E-state index contributed by atoms with van der Waals surface area (Å²) in [6.45, 7) is 5.16. The summed E-state index contributed by atoms with van der Waals surface area (Å²) in [6.07, 6.45) is 0.291. The van der Waals surface area contributed by atoms with Crippen molar-refractivity contribution in [3.05, 3.63) is 23.3 Å². The van der Waals surface area contributed by atoms with Gasteiger partial charge in [-0.15, -0.1) is 0 Å². The number of rotatable bonds is 5. The minimum Gasteiger partial charge on any atom is -0.492 e. The van der Waals surface area contributed by atoms with Crippen LogP contribution in [0.3, 0.4) is 0 Å². The number of benzene rings is 1. The van der Waals surface area contributed by atoms with Gasteiger partial charge >= 0.3 is 5.97 Å². The highest BCUT2D eigenvalue weighted by Gasteiger charge is 2.23. The first-order valence-corrected chi connectivity index (χ1v) is 7.55. The number of cyclic esters (lactones) is 1. The van der Waals surface area contributed by atoms with Crippen LogP contribution in [0, 0.1) is 0 Å². The van der Waals surface area contributed by atoms with E-state index in [4.69, 9.17) is 18.9 Å². The van der Waals surface area contributed by atoms with Gasteiger partial charge in [-0.25, -0.2) is 0 Å². The molecule has 22 heavy (non-hydrogen) atoms. The molecular formula is C16H21NO5. The fraction of sp³-hybridized carbons (Fsp3) is 0.562. The standard InChI is InChI=1S/C16H21NO5/c1-19-16-13-11-22-15(18)10-12(13)2-3-14(16)21-9-6-17-4-7-20-8-5-17/h2-3H,4-11H2,1H3. The molecule has 120 valence electrons. The van der Waals surface area contributed by atoms with Crippen LogP contribution in [0.1, 0.15) is 11.1 Å². The van der Waals surface area contributed by atoms with E-state index in [1.807, 2.05) is 12.1 Å². The first-order valence-electron chi connectivity index (χ1n) is 7.55. The van der Waals surface area contributed by atoms with Gasteiger partial charge in [0.25, 0.3) is 0 Å². The number of ether oxygens (including phenoxy) is 4. The van der Waals surface area contributed by atoms with Crippen LogP contribution in [0.15, 0.2) is 12.1 Å². The molecule has 0 bridgehead atoms. The lowest BCUT2D eigenvalue weighted by atomic mass is 10.0. The second-order valence-corrected chi connectivity index (χ2v) is 5.37. The normalized spacial score (nSPS) is 18.5. The molecule has 1 saturated heterocycles. The Morgan fingerprint density at radius 1 is 1.27 bits per heavy atom. The number of carbonyl (C=O) groups is 1. The Labute approximate surface area is 129 Å². The quantitative estimate of drug-likeness (QED) is 0.757. The van der Waals surface area contributed by atoms with Gasteiger partial charge in [-0.3, -0.25) is 9.69 Å². The molecule has 0 amide bonds. The predicted molar refractivity (Wildman–Crippen MR) is 79.2 cm³/mol. The molecule has 0 saturated carbocycles. The molecule has 0 unspecified atom stereocenters. The summed E-state index contributed by atoms with van der Waals surface area (Å²) in [5.41, 5.74) is 1.86. The molecule has 2 heterocycles. The molecule has 0 N–H and O–H groups in total. The molecule has 0 aromatic heterocycles. The molecule has 2 aliphatic rings. The molecule has 1 fully saturated rings. The van der Waals surface area contributed by atoms with Gasteiger partial charge in [-0.05, 0) is 11.6 Å². The zero-order valence-corrected chi connectivity index (χ0v) is 12.8. The van der Waals surface area contributed by atoms with Gasteiger partial charge in [0.1, 0.15) is 13.2 Å². The van der Waals surface area contributed by atoms with Crippen LogP contribution in [-0.2, 0) is 27.3 Å². The minimum atomic E-state index is -0.199. The Bertz CT molecular complexity index is 540. The Balaban J connectivity index is 1.64. The fourth-order valence-electron chi connectivity index (χ4n) is 2.78. The SMILES string of the molecule is COc1c(OCCN2CCOCC2)ccc2c1COC(=O)C2. The summed E-state index contributed by atoms with van der Waals surface area (Å²) < 4.78 is 21.8. The van der Waals surface area contributed by atoms with Crippen LogP contribution in [0.25, 0.3) is 0 Å². The van der Waals surface area contributed by atoms with Crippen molar-refractivity contribution in [3.63, 3.8) is 0 Å². The van der Waals surface area contributed by atoms with Crippen LogP contribution in [0.2, 0.25) is 0 Å².